The predicted octanol–water partition coefficient (Wildman–Crippen LogP) is 2.91. The Labute approximate surface area is 203 Å². The van der Waals surface area contributed by atoms with Crippen LogP contribution in [0.5, 0.6) is 0 Å². The largest absolute Gasteiger partial charge is 0.454 e. The summed E-state index contributed by atoms with van der Waals surface area (Å²) in [5, 5.41) is 5.15. The van der Waals surface area contributed by atoms with Crippen LogP contribution in [0.4, 0.5) is 5.69 Å². The van der Waals surface area contributed by atoms with Gasteiger partial charge in [-0.1, -0.05) is 0 Å². The Bertz CT molecular complexity index is 1410. The lowest BCUT2D eigenvalue weighted by molar-refractivity contribution is -0.117. The molecule has 0 saturated carbocycles. The number of primary sulfonamides is 1. The summed E-state index contributed by atoms with van der Waals surface area (Å²) in [6.45, 7) is 3.80. The van der Waals surface area contributed by atoms with Gasteiger partial charge in [-0.25, -0.2) is 18.4 Å². The van der Waals surface area contributed by atoms with Crippen molar-refractivity contribution >= 4 is 33.4 Å². The maximum atomic E-state index is 12.8. The lowest BCUT2D eigenvalue weighted by Gasteiger charge is -2.15. The summed E-state index contributed by atoms with van der Waals surface area (Å²) in [6, 6.07) is 14.2. The number of nitrogens with zero attached hydrogens (tertiary/aromatic N) is 2. The summed E-state index contributed by atoms with van der Waals surface area (Å²) in [5.74, 6) is -0.938. The van der Waals surface area contributed by atoms with Gasteiger partial charge in [0.05, 0.1) is 10.5 Å². The van der Waals surface area contributed by atoms with Crippen molar-refractivity contribution in [2.24, 2.45) is 5.14 Å². The van der Waals surface area contributed by atoms with E-state index in [-0.39, 0.29) is 22.1 Å². The van der Waals surface area contributed by atoms with Crippen molar-refractivity contribution in [3.05, 3.63) is 77.1 Å². The quantitative estimate of drug-likeness (QED) is 0.396. The zero-order valence-corrected chi connectivity index (χ0v) is 20.2. The predicted molar refractivity (Wildman–Crippen MR) is 129 cm³/mol. The third-order valence-corrected chi connectivity index (χ3v) is 6.91. The third kappa shape index (κ3) is 5.03. The van der Waals surface area contributed by atoms with Crippen LogP contribution in [0.2, 0.25) is 0 Å². The number of amides is 1. The molecule has 2 heterocycles. The summed E-state index contributed by atoms with van der Waals surface area (Å²) in [6.07, 6.45) is 1.33. The highest BCUT2D eigenvalue weighted by Gasteiger charge is 2.22. The second kappa shape index (κ2) is 9.47. The molecule has 9 nitrogen and oxygen atoms in total. The van der Waals surface area contributed by atoms with Crippen LogP contribution in [0.15, 0.2) is 59.5 Å². The Morgan fingerprint density at radius 3 is 2.20 bits per heavy atom. The zero-order valence-electron chi connectivity index (χ0n) is 19.4. The van der Waals surface area contributed by atoms with Gasteiger partial charge in [0, 0.05) is 41.3 Å². The van der Waals surface area contributed by atoms with Crippen molar-refractivity contribution < 1.29 is 27.5 Å². The number of ether oxygens (including phenoxy) is 1. The Balaban J connectivity index is 1.44. The first-order valence-electron chi connectivity index (χ1n) is 11.0. The fourth-order valence-corrected chi connectivity index (χ4v) is 4.73. The smallest absolute Gasteiger partial charge is 0.338 e. The average Bonchev–Trinajstić information content (AvgIpc) is 3.39. The minimum Gasteiger partial charge on any atom is -0.454 e. The molecule has 1 aliphatic rings. The number of Topliss-reactive ketones (excluding diaryl/α,β-unsaturated/α-hetero) is 1. The minimum atomic E-state index is -3.81. The maximum absolute atomic E-state index is 12.8. The molecular formula is C25H25N3O6S. The average molecular weight is 496 g/mol. The molecule has 2 aromatic carbocycles. The van der Waals surface area contributed by atoms with E-state index in [1.807, 2.05) is 6.92 Å². The molecule has 0 spiro atoms. The molecule has 1 aromatic heterocycles. The fraction of sp³-hybridized carbons (Fsp3) is 0.240. The minimum absolute atomic E-state index is 0.00742. The molecule has 3 aromatic rings. The molecule has 0 radical (unpaired) electrons. The standard InChI is InChI=1S/C25H25N3O6S/c1-16-14-22(17(2)28(16)20-9-11-21(12-10-20)35(26,32)33)23(29)15-34-25(31)18-5-7-19(8-6-18)27-13-3-4-24(27)30/h5-12,14H,3-4,13,15H2,1-2H3,(H2,26,32,33). The number of ketones is 1. The van der Waals surface area contributed by atoms with Crippen molar-refractivity contribution in [3.63, 3.8) is 0 Å². The van der Waals surface area contributed by atoms with Gasteiger partial charge in [-0.3, -0.25) is 9.59 Å². The van der Waals surface area contributed by atoms with Crippen LogP contribution in [0.3, 0.4) is 0 Å². The number of nitrogens with two attached hydrogens (primary N) is 1. The number of benzene rings is 2. The number of hydrogen-bond donors (Lipinski definition) is 1. The summed E-state index contributed by atoms with van der Waals surface area (Å²) < 4.78 is 30.0. The number of aromatic nitrogens is 1. The van der Waals surface area contributed by atoms with Gasteiger partial charge < -0.3 is 14.2 Å². The molecule has 0 unspecified atom stereocenters. The Morgan fingerprint density at radius 1 is 1.00 bits per heavy atom. The Kier molecular flexibility index (Phi) is 6.60. The molecule has 1 aliphatic heterocycles. The third-order valence-electron chi connectivity index (χ3n) is 5.98. The molecule has 1 saturated heterocycles. The first-order valence-corrected chi connectivity index (χ1v) is 12.5. The van der Waals surface area contributed by atoms with E-state index in [0.29, 0.717) is 29.9 Å². The van der Waals surface area contributed by atoms with E-state index in [9.17, 15) is 22.8 Å². The second-order valence-electron chi connectivity index (χ2n) is 8.35. The van der Waals surface area contributed by atoms with Gasteiger partial charge in [0.25, 0.3) is 0 Å². The topological polar surface area (TPSA) is 129 Å². The number of aryl methyl sites for hydroxylation is 1. The number of anilines is 1. The summed E-state index contributed by atoms with van der Waals surface area (Å²) in [5.41, 5.74) is 3.46. The van der Waals surface area contributed by atoms with Gasteiger partial charge in [-0.05, 0) is 74.9 Å². The number of carbonyl (C=O) groups excluding carboxylic acids is 3. The maximum Gasteiger partial charge on any atom is 0.338 e. The molecule has 4 rings (SSSR count). The van der Waals surface area contributed by atoms with Crippen LogP contribution in [0, 0.1) is 13.8 Å². The van der Waals surface area contributed by atoms with Crippen molar-refractivity contribution in [1.29, 1.82) is 0 Å². The van der Waals surface area contributed by atoms with E-state index in [2.05, 4.69) is 0 Å². The van der Waals surface area contributed by atoms with Crippen LogP contribution < -0.4 is 10.0 Å². The molecule has 0 bridgehead atoms. The van der Waals surface area contributed by atoms with E-state index >= 15 is 0 Å². The second-order valence-corrected chi connectivity index (χ2v) is 9.92. The molecule has 2 N–H and O–H groups in total. The molecule has 0 aliphatic carbocycles. The highest BCUT2D eigenvalue weighted by atomic mass is 32.2. The number of esters is 1. The van der Waals surface area contributed by atoms with E-state index in [1.165, 1.54) is 12.1 Å². The van der Waals surface area contributed by atoms with Gasteiger partial charge in [0.1, 0.15) is 0 Å². The van der Waals surface area contributed by atoms with Crippen LogP contribution >= 0.6 is 0 Å². The highest BCUT2D eigenvalue weighted by Crippen LogP contribution is 2.24. The first-order chi connectivity index (χ1) is 16.6. The Morgan fingerprint density at radius 2 is 1.63 bits per heavy atom. The van der Waals surface area contributed by atoms with Crippen molar-refractivity contribution in [2.45, 2.75) is 31.6 Å². The normalized spacial score (nSPS) is 13.8. The van der Waals surface area contributed by atoms with Crippen LogP contribution in [-0.2, 0) is 19.6 Å². The van der Waals surface area contributed by atoms with Crippen molar-refractivity contribution in [3.8, 4) is 5.69 Å². The lowest BCUT2D eigenvalue weighted by atomic mass is 10.1. The van der Waals surface area contributed by atoms with E-state index < -0.39 is 22.6 Å². The van der Waals surface area contributed by atoms with Crippen molar-refractivity contribution in [2.75, 3.05) is 18.1 Å². The molecule has 0 atom stereocenters. The Hall–Kier alpha value is -3.76. The molecular weight excluding hydrogens is 470 g/mol. The first kappa shape index (κ1) is 24.4. The monoisotopic (exact) mass is 495 g/mol. The number of rotatable bonds is 7. The fourth-order valence-electron chi connectivity index (χ4n) is 4.22. The van der Waals surface area contributed by atoms with E-state index in [4.69, 9.17) is 9.88 Å². The van der Waals surface area contributed by atoms with Gasteiger partial charge in [0.15, 0.2) is 6.61 Å². The summed E-state index contributed by atoms with van der Waals surface area (Å²) >= 11 is 0. The summed E-state index contributed by atoms with van der Waals surface area (Å²) in [4.78, 5) is 38.8. The van der Waals surface area contributed by atoms with Crippen LogP contribution in [0.25, 0.3) is 5.69 Å². The van der Waals surface area contributed by atoms with Gasteiger partial charge >= 0.3 is 5.97 Å². The van der Waals surface area contributed by atoms with Crippen LogP contribution in [-0.4, -0.2) is 43.8 Å². The molecule has 1 amide bonds. The van der Waals surface area contributed by atoms with Gasteiger partial charge in [-0.2, -0.15) is 0 Å². The molecule has 182 valence electrons. The SMILES string of the molecule is Cc1cc(C(=O)COC(=O)c2ccc(N3CCCC3=O)cc2)c(C)n1-c1ccc(S(N)(=O)=O)cc1. The summed E-state index contributed by atoms with van der Waals surface area (Å²) in [7, 11) is -3.81. The number of sulfonamides is 1. The number of carbonyl (C=O) groups is 3. The van der Waals surface area contributed by atoms with Crippen LogP contribution in [0.1, 0.15) is 44.9 Å². The molecule has 10 heteroatoms. The number of hydrogen-bond acceptors (Lipinski definition) is 6. The van der Waals surface area contributed by atoms with Gasteiger partial charge in [-0.15, -0.1) is 0 Å². The van der Waals surface area contributed by atoms with E-state index in [0.717, 1.165) is 17.8 Å². The van der Waals surface area contributed by atoms with Crippen molar-refractivity contribution in [1.82, 2.24) is 4.57 Å². The highest BCUT2D eigenvalue weighted by molar-refractivity contribution is 7.89. The lowest BCUT2D eigenvalue weighted by Crippen LogP contribution is -2.23. The zero-order chi connectivity index (χ0) is 25.3. The molecule has 1 fully saturated rings. The van der Waals surface area contributed by atoms with Gasteiger partial charge in [0.2, 0.25) is 21.7 Å². The molecule has 35 heavy (non-hydrogen) atoms. The van der Waals surface area contributed by atoms with E-state index in [1.54, 1.807) is 58.9 Å².